The maximum absolute atomic E-state index is 3.69. The van der Waals surface area contributed by atoms with Gasteiger partial charge in [-0.1, -0.05) is 70.2 Å². The second kappa shape index (κ2) is 6.21. The van der Waals surface area contributed by atoms with Gasteiger partial charge in [0.05, 0.1) is 0 Å². The lowest BCUT2D eigenvalue weighted by molar-refractivity contribution is 0.369. The van der Waals surface area contributed by atoms with E-state index in [0.717, 1.165) is 6.42 Å². The predicted molar refractivity (Wildman–Crippen MR) is 84.5 cm³/mol. The second-order valence-corrected chi connectivity index (χ2v) is 6.01. The molecule has 0 amide bonds. The molecule has 0 saturated carbocycles. The van der Waals surface area contributed by atoms with Gasteiger partial charge in [-0.25, -0.2) is 0 Å². The SMILES string of the molecule is CC(C)N[C@@H](Cc1cccc2ccccc12)C(C)C. The van der Waals surface area contributed by atoms with E-state index in [1.807, 2.05) is 0 Å². The van der Waals surface area contributed by atoms with Crippen LogP contribution >= 0.6 is 0 Å². The van der Waals surface area contributed by atoms with E-state index in [1.54, 1.807) is 0 Å². The zero-order valence-electron chi connectivity index (χ0n) is 12.5. The van der Waals surface area contributed by atoms with Crippen molar-refractivity contribution < 1.29 is 0 Å². The van der Waals surface area contributed by atoms with Crippen molar-refractivity contribution in [3.63, 3.8) is 0 Å². The number of nitrogens with one attached hydrogen (secondary N) is 1. The molecule has 1 atom stereocenters. The smallest absolute Gasteiger partial charge is 0.0133 e. The first-order valence-electron chi connectivity index (χ1n) is 7.30. The van der Waals surface area contributed by atoms with E-state index < -0.39 is 0 Å². The predicted octanol–water partition coefficient (Wildman–Crippen LogP) is 4.40. The second-order valence-electron chi connectivity index (χ2n) is 6.01. The van der Waals surface area contributed by atoms with Crippen LogP contribution in [0.15, 0.2) is 42.5 Å². The zero-order chi connectivity index (χ0) is 13.8. The van der Waals surface area contributed by atoms with Crippen molar-refractivity contribution in [2.24, 2.45) is 5.92 Å². The van der Waals surface area contributed by atoms with Crippen LogP contribution in [0.1, 0.15) is 33.3 Å². The molecule has 0 spiro atoms. The number of fused-ring (bicyclic) bond motifs is 1. The normalized spacial score (nSPS) is 13.4. The molecule has 0 aliphatic rings. The van der Waals surface area contributed by atoms with Crippen LogP contribution in [0.25, 0.3) is 10.8 Å². The summed E-state index contributed by atoms with van der Waals surface area (Å²) in [6.45, 7) is 9.04. The standard InChI is InChI=1S/C18H25N/c1-13(2)18(19-14(3)4)12-16-10-7-9-15-8-5-6-11-17(15)16/h5-11,13-14,18-19H,12H2,1-4H3/t18-/m0/s1. The summed E-state index contributed by atoms with van der Waals surface area (Å²) in [4.78, 5) is 0. The highest BCUT2D eigenvalue weighted by molar-refractivity contribution is 5.85. The molecule has 102 valence electrons. The zero-order valence-corrected chi connectivity index (χ0v) is 12.5. The van der Waals surface area contributed by atoms with Crippen molar-refractivity contribution in [3.05, 3.63) is 48.0 Å². The lowest BCUT2D eigenvalue weighted by Gasteiger charge is -2.25. The first-order chi connectivity index (χ1) is 9.08. The molecule has 0 fully saturated rings. The van der Waals surface area contributed by atoms with Crippen LogP contribution < -0.4 is 5.32 Å². The van der Waals surface area contributed by atoms with Crippen LogP contribution in [0.3, 0.4) is 0 Å². The largest absolute Gasteiger partial charge is 0.311 e. The third kappa shape index (κ3) is 3.57. The molecule has 0 saturated heterocycles. The van der Waals surface area contributed by atoms with Crippen LogP contribution in [0.4, 0.5) is 0 Å². The Labute approximate surface area is 117 Å². The Morgan fingerprint density at radius 1 is 0.895 bits per heavy atom. The molecule has 1 nitrogen and oxygen atoms in total. The van der Waals surface area contributed by atoms with Gasteiger partial charge in [-0.05, 0) is 28.7 Å². The van der Waals surface area contributed by atoms with Gasteiger partial charge >= 0.3 is 0 Å². The fourth-order valence-electron chi connectivity index (χ4n) is 2.62. The molecule has 0 bridgehead atoms. The molecule has 0 aliphatic carbocycles. The molecule has 2 aromatic carbocycles. The molecule has 0 heterocycles. The Morgan fingerprint density at radius 2 is 1.58 bits per heavy atom. The monoisotopic (exact) mass is 255 g/mol. The summed E-state index contributed by atoms with van der Waals surface area (Å²) < 4.78 is 0. The summed E-state index contributed by atoms with van der Waals surface area (Å²) in [5.41, 5.74) is 1.45. The molecule has 19 heavy (non-hydrogen) atoms. The Bertz CT molecular complexity index is 523. The average molecular weight is 255 g/mol. The van der Waals surface area contributed by atoms with Crippen LogP contribution in [-0.2, 0) is 6.42 Å². The lowest BCUT2D eigenvalue weighted by atomic mass is 9.93. The number of hydrogen-bond donors (Lipinski definition) is 1. The third-order valence-electron chi connectivity index (χ3n) is 3.67. The molecular formula is C18H25N. The van der Waals surface area contributed by atoms with E-state index in [2.05, 4.69) is 75.5 Å². The molecular weight excluding hydrogens is 230 g/mol. The highest BCUT2D eigenvalue weighted by Gasteiger charge is 2.15. The molecule has 1 N–H and O–H groups in total. The highest BCUT2D eigenvalue weighted by Crippen LogP contribution is 2.21. The van der Waals surface area contributed by atoms with E-state index in [4.69, 9.17) is 0 Å². The van der Waals surface area contributed by atoms with Gasteiger partial charge < -0.3 is 5.32 Å². The highest BCUT2D eigenvalue weighted by atomic mass is 14.9. The molecule has 0 unspecified atom stereocenters. The van der Waals surface area contributed by atoms with Gasteiger partial charge in [-0.3, -0.25) is 0 Å². The fourth-order valence-corrected chi connectivity index (χ4v) is 2.62. The molecule has 0 radical (unpaired) electrons. The molecule has 0 aromatic heterocycles. The van der Waals surface area contributed by atoms with Crippen LogP contribution in [0, 0.1) is 5.92 Å². The van der Waals surface area contributed by atoms with Crippen molar-refractivity contribution in [2.75, 3.05) is 0 Å². The topological polar surface area (TPSA) is 12.0 Å². The van der Waals surface area contributed by atoms with E-state index in [-0.39, 0.29) is 0 Å². The Morgan fingerprint density at radius 3 is 2.26 bits per heavy atom. The number of benzene rings is 2. The van der Waals surface area contributed by atoms with Gasteiger partial charge in [0.25, 0.3) is 0 Å². The van der Waals surface area contributed by atoms with Crippen molar-refractivity contribution in [1.82, 2.24) is 5.32 Å². The summed E-state index contributed by atoms with van der Waals surface area (Å²) in [7, 11) is 0. The summed E-state index contributed by atoms with van der Waals surface area (Å²) in [5.74, 6) is 0.640. The van der Waals surface area contributed by atoms with Crippen molar-refractivity contribution in [2.45, 2.75) is 46.2 Å². The fraction of sp³-hybridized carbons (Fsp3) is 0.444. The van der Waals surface area contributed by atoms with E-state index in [9.17, 15) is 0 Å². The van der Waals surface area contributed by atoms with Crippen LogP contribution in [0.5, 0.6) is 0 Å². The summed E-state index contributed by atoms with van der Waals surface area (Å²) in [5, 5.41) is 6.42. The first-order valence-corrected chi connectivity index (χ1v) is 7.30. The van der Waals surface area contributed by atoms with Gasteiger partial charge in [-0.2, -0.15) is 0 Å². The minimum absolute atomic E-state index is 0.530. The Kier molecular flexibility index (Phi) is 4.60. The van der Waals surface area contributed by atoms with E-state index in [1.165, 1.54) is 16.3 Å². The van der Waals surface area contributed by atoms with Gasteiger partial charge in [0, 0.05) is 12.1 Å². The maximum Gasteiger partial charge on any atom is 0.0133 e. The molecule has 1 heteroatoms. The van der Waals surface area contributed by atoms with E-state index >= 15 is 0 Å². The Balaban J connectivity index is 2.28. The van der Waals surface area contributed by atoms with Gasteiger partial charge in [0.15, 0.2) is 0 Å². The summed E-state index contributed by atoms with van der Waals surface area (Å²) >= 11 is 0. The lowest BCUT2D eigenvalue weighted by Crippen LogP contribution is -2.40. The number of rotatable bonds is 5. The quantitative estimate of drug-likeness (QED) is 0.834. The maximum atomic E-state index is 3.69. The van der Waals surface area contributed by atoms with Crippen molar-refractivity contribution in [3.8, 4) is 0 Å². The minimum Gasteiger partial charge on any atom is -0.311 e. The van der Waals surface area contributed by atoms with Gasteiger partial charge in [-0.15, -0.1) is 0 Å². The molecule has 2 aromatic rings. The van der Waals surface area contributed by atoms with Crippen molar-refractivity contribution in [1.29, 1.82) is 0 Å². The van der Waals surface area contributed by atoms with Crippen LogP contribution in [0.2, 0.25) is 0 Å². The van der Waals surface area contributed by atoms with Gasteiger partial charge in [0.1, 0.15) is 0 Å². The average Bonchev–Trinajstić information content (AvgIpc) is 2.37. The van der Waals surface area contributed by atoms with Crippen LogP contribution in [-0.4, -0.2) is 12.1 Å². The molecule has 0 aliphatic heterocycles. The first kappa shape index (κ1) is 14.1. The minimum atomic E-state index is 0.530. The third-order valence-corrected chi connectivity index (χ3v) is 3.67. The molecule has 2 rings (SSSR count). The summed E-state index contributed by atoms with van der Waals surface area (Å²) in [6, 6.07) is 16.4. The Hall–Kier alpha value is -1.34. The van der Waals surface area contributed by atoms with Crippen molar-refractivity contribution >= 4 is 10.8 Å². The summed E-state index contributed by atoms with van der Waals surface area (Å²) in [6.07, 6.45) is 1.09. The van der Waals surface area contributed by atoms with E-state index in [0.29, 0.717) is 18.0 Å². The number of hydrogen-bond acceptors (Lipinski definition) is 1. The van der Waals surface area contributed by atoms with Gasteiger partial charge in [0.2, 0.25) is 0 Å².